The van der Waals surface area contributed by atoms with Gasteiger partial charge in [-0.1, -0.05) is 98.8 Å². The highest BCUT2D eigenvalue weighted by molar-refractivity contribution is 4.97. The largest absolute Gasteiger partial charge is 0.0654 e. The summed E-state index contributed by atoms with van der Waals surface area (Å²) in [7, 11) is 0. The number of hydrogen-bond acceptors (Lipinski definition) is 0. The van der Waals surface area contributed by atoms with E-state index < -0.39 is 0 Å². The van der Waals surface area contributed by atoms with Crippen LogP contribution in [-0.4, -0.2) is 0 Å². The van der Waals surface area contributed by atoms with Crippen LogP contribution in [0.3, 0.4) is 0 Å². The molecule has 9 atom stereocenters. The van der Waals surface area contributed by atoms with Crippen molar-refractivity contribution in [2.24, 2.45) is 53.3 Å². The van der Waals surface area contributed by atoms with Crippen LogP contribution in [0.5, 0.6) is 0 Å². The van der Waals surface area contributed by atoms with Gasteiger partial charge in [0, 0.05) is 0 Å². The monoisotopic (exact) mass is 388 g/mol. The van der Waals surface area contributed by atoms with E-state index in [1.54, 1.807) is 32.1 Å². The van der Waals surface area contributed by atoms with Gasteiger partial charge in [-0.15, -0.1) is 0 Å². The molecule has 0 heterocycles. The van der Waals surface area contributed by atoms with Crippen LogP contribution in [0.2, 0.25) is 0 Å². The predicted molar refractivity (Wildman–Crippen MR) is 124 cm³/mol. The Morgan fingerprint density at radius 3 is 1.86 bits per heavy atom. The molecule has 0 N–H and O–H groups in total. The van der Waals surface area contributed by atoms with E-state index in [0.717, 1.165) is 53.3 Å². The average molecular weight is 389 g/mol. The van der Waals surface area contributed by atoms with Crippen LogP contribution in [0.15, 0.2) is 0 Å². The molecular formula is C28H52. The Morgan fingerprint density at radius 1 is 0.607 bits per heavy atom. The van der Waals surface area contributed by atoms with E-state index in [1.807, 2.05) is 0 Å². The van der Waals surface area contributed by atoms with Crippen molar-refractivity contribution in [1.29, 1.82) is 0 Å². The van der Waals surface area contributed by atoms with Crippen molar-refractivity contribution in [3.8, 4) is 0 Å². The van der Waals surface area contributed by atoms with E-state index in [4.69, 9.17) is 0 Å². The summed E-state index contributed by atoms with van der Waals surface area (Å²) in [5.41, 5.74) is 0. The predicted octanol–water partition coefficient (Wildman–Crippen LogP) is 9.13. The molecule has 4 fully saturated rings. The van der Waals surface area contributed by atoms with E-state index in [2.05, 4.69) is 34.6 Å². The van der Waals surface area contributed by atoms with Crippen LogP contribution in [0.4, 0.5) is 0 Å². The van der Waals surface area contributed by atoms with Gasteiger partial charge in [0.25, 0.3) is 0 Å². The summed E-state index contributed by atoms with van der Waals surface area (Å²) < 4.78 is 0. The number of hydrogen-bond donors (Lipinski definition) is 0. The molecule has 0 saturated heterocycles. The quantitative estimate of drug-likeness (QED) is 0.452. The van der Waals surface area contributed by atoms with Gasteiger partial charge < -0.3 is 0 Å². The maximum absolute atomic E-state index is 2.59. The van der Waals surface area contributed by atoms with Crippen molar-refractivity contribution >= 4 is 0 Å². The fraction of sp³-hybridized carbons (Fsp3) is 1.00. The summed E-state index contributed by atoms with van der Waals surface area (Å²) >= 11 is 0. The molecule has 0 aromatic carbocycles. The van der Waals surface area contributed by atoms with E-state index in [-0.39, 0.29) is 0 Å². The molecule has 0 heteroatoms. The molecule has 0 bridgehead atoms. The lowest BCUT2D eigenvalue weighted by Crippen LogP contribution is -2.43. The lowest BCUT2D eigenvalue weighted by atomic mass is 9.55. The smallest absolute Gasteiger partial charge is 0.0321 e. The highest BCUT2D eigenvalue weighted by atomic mass is 14.5. The van der Waals surface area contributed by atoms with Gasteiger partial charge in [0.1, 0.15) is 0 Å². The van der Waals surface area contributed by atoms with Gasteiger partial charge in [0.05, 0.1) is 0 Å². The Hall–Kier alpha value is 0. The Kier molecular flexibility index (Phi) is 8.79. The molecule has 164 valence electrons. The lowest BCUT2D eigenvalue weighted by molar-refractivity contribution is -0.0149. The first kappa shape index (κ1) is 22.7. The Bertz CT molecular complexity index is 427. The van der Waals surface area contributed by atoms with Crippen LogP contribution in [0.25, 0.3) is 0 Å². The van der Waals surface area contributed by atoms with Crippen LogP contribution in [0, 0.1) is 53.3 Å². The third kappa shape index (κ3) is 5.57. The SMILES string of the molecule is CC1CCCC(C)C1.CCCC1C(C)CC2CCCC2C1C1CCCCC1C. The summed E-state index contributed by atoms with van der Waals surface area (Å²) in [5, 5.41) is 0. The second-order valence-corrected chi connectivity index (χ2v) is 11.9. The van der Waals surface area contributed by atoms with Crippen LogP contribution < -0.4 is 0 Å². The van der Waals surface area contributed by atoms with Gasteiger partial charge in [-0.25, -0.2) is 0 Å². The summed E-state index contributed by atoms with van der Waals surface area (Å²) in [5.74, 6) is 9.51. The van der Waals surface area contributed by atoms with E-state index in [1.165, 1.54) is 57.8 Å². The zero-order chi connectivity index (χ0) is 20.1. The van der Waals surface area contributed by atoms with Crippen LogP contribution >= 0.6 is 0 Å². The third-order valence-electron chi connectivity index (χ3n) is 9.60. The molecule has 4 aliphatic carbocycles. The van der Waals surface area contributed by atoms with Gasteiger partial charge in [-0.05, 0) is 78.9 Å². The van der Waals surface area contributed by atoms with Crippen molar-refractivity contribution < 1.29 is 0 Å². The van der Waals surface area contributed by atoms with Gasteiger partial charge in [-0.2, -0.15) is 0 Å². The fourth-order valence-electron chi connectivity index (χ4n) is 8.31. The molecule has 0 spiro atoms. The Morgan fingerprint density at radius 2 is 1.25 bits per heavy atom. The molecule has 0 radical (unpaired) electrons. The summed E-state index contributed by atoms with van der Waals surface area (Å²) in [6.07, 6.45) is 21.2. The molecule has 0 aliphatic heterocycles. The van der Waals surface area contributed by atoms with Gasteiger partial charge in [0.2, 0.25) is 0 Å². The standard InChI is InChI=1S/C20H36.C8H16/c1-4-8-17-15(3)13-16-10-7-12-19(16)20(17)18-11-6-5-9-14(18)2;1-7-4-3-5-8(2)6-7/h14-20H,4-13H2,1-3H3;7-8H,3-6H2,1-2H3. The topological polar surface area (TPSA) is 0 Å². The van der Waals surface area contributed by atoms with Crippen LogP contribution in [-0.2, 0) is 0 Å². The van der Waals surface area contributed by atoms with Gasteiger partial charge in [-0.3, -0.25) is 0 Å². The number of rotatable bonds is 3. The molecule has 0 nitrogen and oxygen atoms in total. The highest BCUT2D eigenvalue weighted by Crippen LogP contribution is 2.56. The highest BCUT2D eigenvalue weighted by Gasteiger charge is 2.48. The molecule has 4 rings (SSSR count). The first-order chi connectivity index (χ1) is 13.5. The molecule has 0 amide bonds. The first-order valence-electron chi connectivity index (χ1n) is 13.5. The molecule has 28 heavy (non-hydrogen) atoms. The molecule has 0 aromatic rings. The molecular weight excluding hydrogens is 336 g/mol. The lowest BCUT2D eigenvalue weighted by Gasteiger charge is -2.50. The fourth-order valence-corrected chi connectivity index (χ4v) is 8.31. The zero-order valence-electron chi connectivity index (χ0n) is 20.1. The third-order valence-corrected chi connectivity index (χ3v) is 9.60. The van der Waals surface area contributed by atoms with Gasteiger partial charge in [0.15, 0.2) is 0 Å². The minimum Gasteiger partial charge on any atom is -0.0654 e. The summed E-state index contributed by atoms with van der Waals surface area (Å²) in [6.45, 7) is 12.3. The summed E-state index contributed by atoms with van der Waals surface area (Å²) in [6, 6.07) is 0. The van der Waals surface area contributed by atoms with E-state index in [0.29, 0.717) is 0 Å². The van der Waals surface area contributed by atoms with Crippen molar-refractivity contribution in [2.45, 2.75) is 125 Å². The zero-order valence-corrected chi connectivity index (χ0v) is 20.1. The number of fused-ring (bicyclic) bond motifs is 1. The first-order valence-corrected chi connectivity index (χ1v) is 13.5. The van der Waals surface area contributed by atoms with Crippen molar-refractivity contribution in [3.63, 3.8) is 0 Å². The second-order valence-electron chi connectivity index (χ2n) is 11.9. The van der Waals surface area contributed by atoms with E-state index in [9.17, 15) is 0 Å². The Labute approximate surface area is 178 Å². The molecule has 4 aliphatic rings. The maximum Gasteiger partial charge on any atom is -0.0321 e. The Balaban J connectivity index is 0.000000236. The van der Waals surface area contributed by atoms with Gasteiger partial charge >= 0.3 is 0 Å². The minimum absolute atomic E-state index is 1.01. The minimum atomic E-state index is 1.01. The van der Waals surface area contributed by atoms with Crippen molar-refractivity contribution in [1.82, 2.24) is 0 Å². The second kappa shape index (κ2) is 10.9. The molecule has 0 aromatic heterocycles. The van der Waals surface area contributed by atoms with Crippen molar-refractivity contribution in [2.75, 3.05) is 0 Å². The summed E-state index contributed by atoms with van der Waals surface area (Å²) in [4.78, 5) is 0. The maximum atomic E-state index is 2.59. The average Bonchev–Trinajstić information content (AvgIpc) is 3.11. The molecule has 9 unspecified atom stereocenters. The van der Waals surface area contributed by atoms with Crippen LogP contribution in [0.1, 0.15) is 125 Å². The van der Waals surface area contributed by atoms with E-state index >= 15 is 0 Å². The normalized spacial score (nSPS) is 46.4. The molecule has 4 saturated carbocycles. The van der Waals surface area contributed by atoms with Crippen molar-refractivity contribution in [3.05, 3.63) is 0 Å².